The highest BCUT2D eigenvalue weighted by Crippen LogP contribution is 2.30. The minimum atomic E-state index is -4.41. The van der Waals surface area contributed by atoms with Gasteiger partial charge in [-0.25, -0.2) is 0 Å². The van der Waals surface area contributed by atoms with Gasteiger partial charge in [0, 0.05) is 5.21 Å². The highest BCUT2D eigenvalue weighted by atomic mass is 19.4. The van der Waals surface area contributed by atoms with Gasteiger partial charge in [-0.3, -0.25) is 0 Å². The van der Waals surface area contributed by atoms with Gasteiger partial charge in [0.2, 0.25) is 0 Å². The topological polar surface area (TPSA) is 85.0 Å². The van der Waals surface area contributed by atoms with Gasteiger partial charge in [-0.1, -0.05) is 21.3 Å². The van der Waals surface area contributed by atoms with Crippen molar-refractivity contribution in [3.05, 3.63) is 60.3 Å². The summed E-state index contributed by atoms with van der Waals surface area (Å²) in [6, 6.07) is 11.7. The predicted molar refractivity (Wildman–Crippen MR) is 80.6 cm³/mol. The number of hydrogen-bond donors (Lipinski definition) is 1. The van der Waals surface area contributed by atoms with Crippen molar-refractivity contribution in [1.29, 1.82) is 0 Å². The number of aromatic nitrogens is 4. The van der Waals surface area contributed by atoms with Crippen LogP contribution in [-0.4, -0.2) is 25.5 Å². The number of rotatable bonds is 1. The highest BCUT2D eigenvalue weighted by molar-refractivity contribution is 5.75. The summed E-state index contributed by atoms with van der Waals surface area (Å²) in [6.45, 7) is 0. The van der Waals surface area contributed by atoms with E-state index in [9.17, 15) is 18.3 Å². The molecule has 0 aliphatic heterocycles. The Morgan fingerprint density at radius 3 is 2.36 bits per heavy atom. The standard InChI is InChI=1S/C16H9F3N4O.H2O/c17-16(18,19)11-5-7-12(8-6-11)22-15(24)14-20-9-10-3-1-2-4-13(10)23(14)21-22;/h1-9H;1H2. The lowest BCUT2D eigenvalue weighted by atomic mass is 10.2. The molecule has 25 heavy (non-hydrogen) atoms. The molecule has 4 rings (SSSR count). The molecule has 2 aromatic heterocycles. The first-order chi connectivity index (χ1) is 11.4. The Bertz CT molecular complexity index is 1060. The number of aromatic hydroxyl groups is 1. The van der Waals surface area contributed by atoms with Crippen molar-refractivity contribution >= 4 is 16.6 Å². The van der Waals surface area contributed by atoms with Crippen LogP contribution in [0.3, 0.4) is 0 Å². The third-order valence-electron chi connectivity index (χ3n) is 3.71. The molecule has 0 saturated heterocycles. The largest absolute Gasteiger partial charge is 0.870 e. The molecule has 0 unspecified atom stereocenters. The predicted octanol–water partition coefficient (Wildman–Crippen LogP) is 2.71. The van der Waals surface area contributed by atoms with Crippen molar-refractivity contribution < 1.29 is 28.3 Å². The van der Waals surface area contributed by atoms with E-state index in [-0.39, 0.29) is 17.0 Å². The minimum absolute atomic E-state index is 0. The van der Waals surface area contributed by atoms with E-state index in [0.717, 1.165) is 27.7 Å². The first-order valence-corrected chi connectivity index (χ1v) is 7.00. The second kappa shape index (κ2) is 5.71. The Labute approximate surface area is 138 Å². The zero-order valence-corrected chi connectivity index (χ0v) is 12.5. The van der Waals surface area contributed by atoms with E-state index >= 15 is 0 Å². The number of hydrogen-bond acceptors (Lipinski definition) is 4. The summed E-state index contributed by atoms with van der Waals surface area (Å²) in [5.41, 5.74) is 0.478. The molecule has 0 bridgehead atoms. The fourth-order valence-electron chi connectivity index (χ4n) is 2.52. The smallest absolute Gasteiger partial charge is 0.416 e. The van der Waals surface area contributed by atoms with Crippen LogP contribution in [0.25, 0.3) is 22.2 Å². The number of alkyl halides is 3. The number of fused-ring (bicyclic) bond motifs is 3. The molecule has 2 aromatic carbocycles. The lowest BCUT2D eigenvalue weighted by Crippen LogP contribution is -2.26. The maximum atomic E-state index is 12.7. The molecule has 0 atom stereocenters. The van der Waals surface area contributed by atoms with Crippen LogP contribution in [0.15, 0.2) is 54.7 Å². The Morgan fingerprint density at radius 2 is 1.68 bits per heavy atom. The van der Waals surface area contributed by atoms with Crippen LogP contribution < -0.4 is 4.52 Å². The van der Waals surface area contributed by atoms with Crippen LogP contribution in [0.4, 0.5) is 13.2 Å². The highest BCUT2D eigenvalue weighted by Gasteiger charge is 2.31. The molecule has 2 N–H and O–H groups in total. The first-order valence-electron chi connectivity index (χ1n) is 7.00. The van der Waals surface area contributed by atoms with E-state index < -0.39 is 11.7 Å². The van der Waals surface area contributed by atoms with E-state index in [0.29, 0.717) is 5.69 Å². The van der Waals surface area contributed by atoms with Gasteiger partial charge in [-0.15, -0.1) is 4.98 Å². The van der Waals surface area contributed by atoms with Crippen LogP contribution >= 0.6 is 0 Å². The fraction of sp³-hybridized carbons (Fsp3) is 0.0625. The van der Waals surface area contributed by atoms with Gasteiger partial charge in [0.05, 0.1) is 10.9 Å². The number of para-hydroxylation sites is 1. The van der Waals surface area contributed by atoms with E-state index in [1.54, 1.807) is 6.20 Å². The normalized spacial score (nSPS) is 11.6. The van der Waals surface area contributed by atoms with E-state index in [4.69, 9.17) is 0 Å². The molecule has 4 aromatic rings. The van der Waals surface area contributed by atoms with Crippen LogP contribution in [0.1, 0.15) is 5.56 Å². The molecule has 0 aliphatic carbocycles. The second-order valence-corrected chi connectivity index (χ2v) is 5.22. The molecule has 0 aliphatic rings. The molecule has 9 heteroatoms. The Morgan fingerprint density at radius 1 is 1.00 bits per heavy atom. The average Bonchev–Trinajstić information content (AvgIpc) is 2.92. The van der Waals surface area contributed by atoms with Crippen molar-refractivity contribution in [3.63, 3.8) is 0 Å². The fourth-order valence-corrected chi connectivity index (χ4v) is 2.52. The van der Waals surface area contributed by atoms with Crippen molar-refractivity contribution in [1.82, 2.24) is 14.9 Å². The van der Waals surface area contributed by atoms with E-state index in [1.165, 1.54) is 16.6 Å². The molecular formula is C16H11F3N4O2. The van der Waals surface area contributed by atoms with Crippen molar-refractivity contribution in [3.8, 4) is 11.6 Å². The van der Waals surface area contributed by atoms with Gasteiger partial charge in [-0.2, -0.15) is 13.2 Å². The SMILES string of the molecule is Oc1c2ncc3ccccc3[n+]2nn1-c1ccc(C(F)(F)F)cc1.[OH-]. The zero-order chi connectivity index (χ0) is 16.9. The molecule has 0 spiro atoms. The van der Waals surface area contributed by atoms with Gasteiger partial charge in [0.1, 0.15) is 17.4 Å². The van der Waals surface area contributed by atoms with Gasteiger partial charge >= 0.3 is 17.7 Å². The van der Waals surface area contributed by atoms with Gasteiger partial charge in [-0.05, 0) is 36.4 Å². The maximum absolute atomic E-state index is 12.7. The van der Waals surface area contributed by atoms with Crippen LogP contribution in [-0.2, 0) is 6.18 Å². The molecule has 0 amide bonds. The summed E-state index contributed by atoms with van der Waals surface area (Å²) < 4.78 is 40.6. The lowest BCUT2D eigenvalue weighted by molar-refractivity contribution is -0.557. The van der Waals surface area contributed by atoms with E-state index in [1.807, 2.05) is 24.3 Å². The number of halogens is 3. The summed E-state index contributed by atoms with van der Waals surface area (Å²) in [4.78, 5) is 4.16. The molecular weight excluding hydrogens is 337 g/mol. The first kappa shape index (κ1) is 16.7. The summed E-state index contributed by atoms with van der Waals surface area (Å²) >= 11 is 0. The van der Waals surface area contributed by atoms with Crippen LogP contribution in [0, 0.1) is 0 Å². The molecule has 2 heterocycles. The quantitative estimate of drug-likeness (QED) is 0.536. The van der Waals surface area contributed by atoms with Crippen molar-refractivity contribution in [2.24, 2.45) is 0 Å². The summed E-state index contributed by atoms with van der Waals surface area (Å²) in [5, 5.41) is 15.4. The monoisotopic (exact) mass is 348 g/mol. The van der Waals surface area contributed by atoms with Crippen molar-refractivity contribution in [2.45, 2.75) is 6.18 Å². The number of nitrogens with zero attached hydrogens (tertiary/aromatic N) is 4. The lowest BCUT2D eigenvalue weighted by Gasteiger charge is -2.05. The minimum Gasteiger partial charge on any atom is -0.870 e. The second-order valence-electron chi connectivity index (χ2n) is 5.22. The maximum Gasteiger partial charge on any atom is 0.416 e. The van der Waals surface area contributed by atoms with Gasteiger partial charge in [0.25, 0.3) is 0 Å². The Hall–Kier alpha value is -3.20. The van der Waals surface area contributed by atoms with Crippen LogP contribution in [0.5, 0.6) is 5.88 Å². The van der Waals surface area contributed by atoms with Gasteiger partial charge in [0.15, 0.2) is 0 Å². The molecule has 6 nitrogen and oxygen atoms in total. The number of benzene rings is 2. The molecule has 128 valence electrons. The molecule has 0 saturated carbocycles. The third-order valence-corrected chi connectivity index (χ3v) is 3.71. The zero-order valence-electron chi connectivity index (χ0n) is 12.5. The van der Waals surface area contributed by atoms with Gasteiger partial charge < -0.3 is 10.6 Å². The van der Waals surface area contributed by atoms with E-state index in [2.05, 4.69) is 10.2 Å². The average molecular weight is 348 g/mol. The molecule has 0 radical (unpaired) electrons. The van der Waals surface area contributed by atoms with Crippen molar-refractivity contribution in [2.75, 3.05) is 0 Å². The molecule has 0 fully saturated rings. The Kier molecular flexibility index (Phi) is 3.80. The Balaban J connectivity index is 0.00000182. The third kappa shape index (κ3) is 2.64. The van der Waals surface area contributed by atoms with Crippen LogP contribution in [0.2, 0.25) is 0 Å². The summed E-state index contributed by atoms with van der Waals surface area (Å²) in [7, 11) is 0. The summed E-state index contributed by atoms with van der Waals surface area (Å²) in [6.07, 6.45) is -2.81. The summed E-state index contributed by atoms with van der Waals surface area (Å²) in [5.74, 6) is -0.250.